The molecule has 0 spiro atoms. The van der Waals surface area contributed by atoms with Gasteiger partial charge in [0.1, 0.15) is 0 Å². The van der Waals surface area contributed by atoms with Crippen molar-refractivity contribution < 1.29 is 19.8 Å². The molecule has 0 nitrogen and oxygen atoms in total. The Labute approximate surface area is 245 Å². The summed E-state index contributed by atoms with van der Waals surface area (Å²) in [4.78, 5) is 0. The zero-order valence-electron chi connectivity index (χ0n) is 22.4. The summed E-state index contributed by atoms with van der Waals surface area (Å²) in [6.07, 6.45) is 21.1. The van der Waals surface area contributed by atoms with Crippen LogP contribution in [0.2, 0.25) is 3.63 Å². The van der Waals surface area contributed by atoms with E-state index in [-0.39, 0.29) is 24.8 Å². The number of fused-ring (bicyclic) bond motifs is 6. The van der Waals surface area contributed by atoms with E-state index in [2.05, 4.69) is 91.9 Å². The molecule has 2 aromatic carbocycles. The number of rotatable bonds is 4. The number of halogens is 2. The van der Waals surface area contributed by atoms with Gasteiger partial charge in [-0.05, 0) is 0 Å². The van der Waals surface area contributed by atoms with E-state index in [4.69, 9.17) is 4.21 Å². The Balaban J connectivity index is 0.00000147. The molecule has 7 rings (SSSR count). The molecule has 5 unspecified atom stereocenters. The number of hydrogen-bond donors (Lipinski definition) is 0. The molecule has 5 atom stereocenters. The Morgan fingerprint density at radius 2 is 1.68 bits per heavy atom. The molecule has 0 heterocycles. The summed E-state index contributed by atoms with van der Waals surface area (Å²) in [6, 6.07) is 20.7. The van der Waals surface area contributed by atoms with Gasteiger partial charge in [-0.2, -0.15) is 0 Å². The van der Waals surface area contributed by atoms with E-state index in [0.29, 0.717) is 13.2 Å². The van der Waals surface area contributed by atoms with Crippen LogP contribution in [0, 0.1) is 11.8 Å². The first-order valence-electron chi connectivity index (χ1n) is 14.2. The average molecular weight is 622 g/mol. The van der Waals surface area contributed by atoms with Crippen LogP contribution in [0.3, 0.4) is 0 Å². The predicted molar refractivity (Wildman–Crippen MR) is 165 cm³/mol. The zero-order chi connectivity index (χ0) is 24.3. The van der Waals surface area contributed by atoms with Crippen molar-refractivity contribution >= 4 is 34.6 Å². The van der Waals surface area contributed by atoms with Gasteiger partial charge in [-0.3, -0.25) is 0 Å². The normalized spacial score (nSPS) is 27.2. The molecular formula is C35H39Cl2Zr. The van der Waals surface area contributed by atoms with Gasteiger partial charge in [-0.15, -0.1) is 24.8 Å². The van der Waals surface area contributed by atoms with Crippen LogP contribution in [0.4, 0.5) is 0 Å². The Kier molecular flexibility index (Phi) is 8.23. The van der Waals surface area contributed by atoms with Crippen LogP contribution in [-0.4, -0.2) is 4.21 Å². The molecule has 1 saturated carbocycles. The van der Waals surface area contributed by atoms with Crippen LogP contribution in [0.15, 0.2) is 105 Å². The maximum atomic E-state index is 5.45. The van der Waals surface area contributed by atoms with Crippen molar-refractivity contribution in [2.24, 2.45) is 11.8 Å². The first kappa shape index (κ1) is 28.0. The van der Waals surface area contributed by atoms with Crippen LogP contribution >= 0.6 is 24.8 Å². The molecule has 0 aliphatic heterocycles. The molecule has 3 heteroatoms. The molecule has 0 radical (unpaired) electrons. The first-order chi connectivity index (χ1) is 17.7. The van der Waals surface area contributed by atoms with Gasteiger partial charge in [0.25, 0.3) is 0 Å². The van der Waals surface area contributed by atoms with Crippen molar-refractivity contribution in [3.63, 3.8) is 0 Å². The second-order valence-corrected chi connectivity index (χ2v) is 22.3. The molecule has 5 aliphatic carbocycles. The van der Waals surface area contributed by atoms with E-state index in [1.165, 1.54) is 43.2 Å². The van der Waals surface area contributed by atoms with Crippen molar-refractivity contribution in [3.8, 4) is 0 Å². The SMILES string of the molecule is Cl.Cl.[CH2]=[Zr]([C]1=CC=CC1)([CH]1CCCC2C1=C1Cc3ccccc3C1=C1C=CCCC12)[CH](C)c1ccccc1. The molecule has 0 aromatic heterocycles. The van der Waals surface area contributed by atoms with Gasteiger partial charge in [0, 0.05) is 0 Å². The van der Waals surface area contributed by atoms with Crippen molar-refractivity contribution in [2.75, 3.05) is 0 Å². The number of hydrogen-bond acceptors (Lipinski definition) is 0. The van der Waals surface area contributed by atoms with E-state index in [1.807, 2.05) is 5.57 Å². The van der Waals surface area contributed by atoms with Crippen molar-refractivity contribution in [1.82, 2.24) is 0 Å². The Hall–Kier alpha value is -1.53. The number of allylic oxidation sites excluding steroid dienone is 10. The fraction of sp³-hybridized carbons (Fsp3) is 0.343. The molecule has 2 aromatic rings. The van der Waals surface area contributed by atoms with Crippen molar-refractivity contribution in [3.05, 3.63) is 122 Å². The van der Waals surface area contributed by atoms with Crippen LogP contribution in [0.5, 0.6) is 0 Å². The van der Waals surface area contributed by atoms with Gasteiger partial charge in [-0.1, -0.05) is 0 Å². The monoisotopic (exact) mass is 619 g/mol. The van der Waals surface area contributed by atoms with E-state index in [1.54, 1.807) is 25.6 Å². The van der Waals surface area contributed by atoms with Gasteiger partial charge in [0.15, 0.2) is 0 Å². The fourth-order valence-corrected chi connectivity index (χ4v) is 20.7. The van der Waals surface area contributed by atoms with E-state index < -0.39 is 19.8 Å². The Bertz CT molecular complexity index is 1420. The Morgan fingerprint density at radius 1 is 0.895 bits per heavy atom. The molecule has 0 saturated heterocycles. The maximum absolute atomic E-state index is 5.45. The molecule has 197 valence electrons. The second kappa shape index (κ2) is 11.2. The third kappa shape index (κ3) is 4.24. The molecule has 5 aliphatic rings. The summed E-state index contributed by atoms with van der Waals surface area (Å²) in [5, 5.41) is 0. The van der Waals surface area contributed by atoms with Crippen LogP contribution in [-0.2, 0) is 26.2 Å². The first-order valence-corrected chi connectivity index (χ1v) is 20.0. The topological polar surface area (TPSA) is 0 Å². The minimum absolute atomic E-state index is 0. The molecule has 0 amide bonds. The zero-order valence-corrected chi connectivity index (χ0v) is 26.5. The Morgan fingerprint density at radius 3 is 2.47 bits per heavy atom. The summed E-state index contributed by atoms with van der Waals surface area (Å²) in [7, 11) is 0. The van der Waals surface area contributed by atoms with Gasteiger partial charge in [-0.25, -0.2) is 0 Å². The van der Waals surface area contributed by atoms with Gasteiger partial charge in [0.2, 0.25) is 0 Å². The minimum atomic E-state index is -3.16. The van der Waals surface area contributed by atoms with Gasteiger partial charge < -0.3 is 0 Å². The van der Waals surface area contributed by atoms with Crippen molar-refractivity contribution in [1.29, 1.82) is 0 Å². The van der Waals surface area contributed by atoms with Crippen molar-refractivity contribution in [2.45, 2.75) is 59.1 Å². The summed E-state index contributed by atoms with van der Waals surface area (Å²) in [5.74, 6) is 1.43. The third-order valence-corrected chi connectivity index (χ3v) is 23.3. The number of benzene rings is 2. The van der Waals surface area contributed by atoms with Crippen LogP contribution in [0.1, 0.15) is 65.8 Å². The third-order valence-electron chi connectivity index (χ3n) is 10.3. The summed E-state index contributed by atoms with van der Waals surface area (Å²) in [6.45, 7) is 2.55. The molecule has 1 fully saturated rings. The summed E-state index contributed by atoms with van der Waals surface area (Å²) >= 11 is -3.16. The summed E-state index contributed by atoms with van der Waals surface area (Å²) < 4.78 is 8.47. The molecular weight excluding hydrogens is 583 g/mol. The molecule has 0 N–H and O–H groups in total. The quantitative estimate of drug-likeness (QED) is 0.319. The van der Waals surface area contributed by atoms with Gasteiger partial charge >= 0.3 is 222 Å². The fourth-order valence-electron chi connectivity index (χ4n) is 8.52. The molecule has 0 bridgehead atoms. The average Bonchev–Trinajstić information content (AvgIpc) is 3.62. The van der Waals surface area contributed by atoms with E-state index in [9.17, 15) is 0 Å². The van der Waals surface area contributed by atoms with Crippen LogP contribution in [0.25, 0.3) is 5.57 Å². The van der Waals surface area contributed by atoms with Gasteiger partial charge in [0.05, 0.1) is 0 Å². The van der Waals surface area contributed by atoms with E-state index >= 15 is 0 Å². The summed E-state index contributed by atoms with van der Waals surface area (Å²) in [5.41, 5.74) is 11.5. The standard InChI is InChI=1S/C21H21.C8H9.C5H5.CH2.2ClH.Zr/c1-2-8-15-14(7-1)13-20-18-11-4-3-9-16(18)17-10-5-6-12-19(17)21(15)20;1-2-8-6-4-3-5-7-8;1-2-4-5-3-1;;;;/h1-2,6-8,11-12,16-17H,3-5,9-10,13H2;2-7H,1H3;1-3H,4H2;1H2;2*1H;. The van der Waals surface area contributed by atoms with E-state index in [0.717, 1.165) is 18.8 Å². The molecule has 38 heavy (non-hydrogen) atoms. The predicted octanol–water partition coefficient (Wildman–Crippen LogP) is 9.90. The second-order valence-electron chi connectivity index (χ2n) is 11.8. The van der Waals surface area contributed by atoms with Crippen LogP contribution < -0.4 is 0 Å².